The zero-order chi connectivity index (χ0) is 14.6. The Bertz CT molecular complexity index is 540. The van der Waals surface area contributed by atoms with Crippen molar-refractivity contribution < 1.29 is 22.4 Å². The first-order valence-electron chi connectivity index (χ1n) is 5.14. The van der Waals surface area contributed by atoms with E-state index in [0.29, 0.717) is 6.42 Å². The predicted octanol–water partition coefficient (Wildman–Crippen LogP) is 3.92. The highest BCUT2D eigenvalue weighted by Gasteiger charge is 2.25. The topological polar surface area (TPSA) is 77.9 Å². The maximum absolute atomic E-state index is 13.4. The fourth-order valence-electron chi connectivity index (χ4n) is 1.29. The van der Waals surface area contributed by atoms with Gasteiger partial charge in [0.15, 0.2) is 23.3 Å². The van der Waals surface area contributed by atoms with Crippen molar-refractivity contribution in [2.24, 2.45) is 5.11 Å². The van der Waals surface area contributed by atoms with Crippen LogP contribution >= 0.6 is 0 Å². The lowest BCUT2D eigenvalue weighted by atomic mass is 10.2. The minimum atomic E-state index is -1.87. The summed E-state index contributed by atoms with van der Waals surface area (Å²) in [7, 11) is 0. The van der Waals surface area contributed by atoms with Crippen molar-refractivity contribution in [3.05, 3.63) is 33.7 Å². The van der Waals surface area contributed by atoms with Gasteiger partial charge in [-0.05, 0) is 12.0 Å². The van der Waals surface area contributed by atoms with E-state index in [4.69, 9.17) is 5.53 Å². The van der Waals surface area contributed by atoms with Crippen molar-refractivity contribution in [1.82, 2.24) is 0 Å². The molecule has 1 N–H and O–H groups in total. The van der Waals surface area contributed by atoms with Crippen molar-refractivity contribution in [1.29, 1.82) is 0 Å². The van der Waals surface area contributed by atoms with Crippen LogP contribution in [-0.4, -0.2) is 5.91 Å². The van der Waals surface area contributed by atoms with Gasteiger partial charge in [0, 0.05) is 11.3 Å². The Balaban J connectivity index is 3.35. The number of hydrogen-bond acceptors (Lipinski definition) is 2. The van der Waals surface area contributed by atoms with E-state index in [0.717, 1.165) is 0 Å². The van der Waals surface area contributed by atoms with Crippen LogP contribution in [0, 0.1) is 23.3 Å². The second kappa shape index (κ2) is 6.05. The number of benzene rings is 1. The van der Waals surface area contributed by atoms with Crippen molar-refractivity contribution in [2.75, 3.05) is 5.32 Å². The van der Waals surface area contributed by atoms with E-state index in [1.54, 1.807) is 12.2 Å². The van der Waals surface area contributed by atoms with Gasteiger partial charge >= 0.3 is 0 Å². The second-order valence-electron chi connectivity index (χ2n) is 3.47. The molecule has 0 aliphatic carbocycles. The predicted molar refractivity (Wildman–Crippen MR) is 58.6 cm³/mol. The molecule has 5 nitrogen and oxygen atoms in total. The number of rotatable bonds is 4. The number of halogens is 4. The van der Waals surface area contributed by atoms with Crippen LogP contribution < -0.4 is 5.32 Å². The smallest absolute Gasteiger partial charge is 0.224 e. The Hall–Kier alpha value is -2.28. The summed E-state index contributed by atoms with van der Waals surface area (Å²) in [6.45, 7) is 1.64. The lowest BCUT2D eigenvalue weighted by Gasteiger charge is -2.10. The Morgan fingerprint density at radius 1 is 1.21 bits per heavy atom. The lowest BCUT2D eigenvalue weighted by molar-refractivity contribution is -0.116. The summed E-state index contributed by atoms with van der Waals surface area (Å²) in [6.07, 6.45) is 0.317. The normalized spacial score (nSPS) is 9.95. The zero-order valence-corrected chi connectivity index (χ0v) is 9.68. The van der Waals surface area contributed by atoms with Crippen LogP contribution in [0.3, 0.4) is 0 Å². The Morgan fingerprint density at radius 2 is 1.74 bits per heavy atom. The van der Waals surface area contributed by atoms with Gasteiger partial charge in [0.05, 0.1) is 0 Å². The quantitative estimate of drug-likeness (QED) is 0.292. The lowest BCUT2D eigenvalue weighted by Crippen LogP contribution is -2.15. The number of hydrogen-bond donors (Lipinski definition) is 1. The third-order valence-corrected chi connectivity index (χ3v) is 2.13. The molecule has 0 bridgehead atoms. The van der Waals surface area contributed by atoms with Gasteiger partial charge in [-0.15, -0.1) is 0 Å². The van der Waals surface area contributed by atoms with Gasteiger partial charge in [0.25, 0.3) is 0 Å². The summed E-state index contributed by atoms with van der Waals surface area (Å²) < 4.78 is 53.6. The standard InChI is InChI=1S/C10H8F4N4O/c1-2-3-4(19)16-9-5(11)7(13)10(17-18-15)8(14)6(9)12/h2-3H2,1H3,(H,16,19). The number of amides is 1. The van der Waals surface area contributed by atoms with Crippen LogP contribution in [0.4, 0.5) is 28.9 Å². The summed E-state index contributed by atoms with van der Waals surface area (Å²) in [4.78, 5) is 13.2. The summed E-state index contributed by atoms with van der Waals surface area (Å²) in [5.74, 6) is -8.20. The summed E-state index contributed by atoms with van der Waals surface area (Å²) >= 11 is 0. The van der Waals surface area contributed by atoms with Gasteiger partial charge in [0.2, 0.25) is 5.91 Å². The van der Waals surface area contributed by atoms with E-state index < -0.39 is 40.6 Å². The van der Waals surface area contributed by atoms with Crippen molar-refractivity contribution in [2.45, 2.75) is 19.8 Å². The monoisotopic (exact) mass is 276 g/mol. The largest absolute Gasteiger partial charge is 0.321 e. The molecule has 0 fully saturated rings. The summed E-state index contributed by atoms with van der Waals surface area (Å²) in [5.41, 5.74) is 5.38. The number of nitrogens with one attached hydrogen (secondary N) is 1. The van der Waals surface area contributed by atoms with Crippen LogP contribution in [0.2, 0.25) is 0 Å². The molecule has 0 saturated carbocycles. The van der Waals surface area contributed by atoms with Crippen LogP contribution in [0.5, 0.6) is 0 Å². The van der Waals surface area contributed by atoms with E-state index in [1.807, 2.05) is 0 Å². The van der Waals surface area contributed by atoms with Gasteiger partial charge in [-0.3, -0.25) is 4.79 Å². The van der Waals surface area contributed by atoms with Crippen LogP contribution in [0.15, 0.2) is 5.11 Å². The molecule has 0 unspecified atom stereocenters. The van der Waals surface area contributed by atoms with Gasteiger partial charge in [0.1, 0.15) is 11.4 Å². The highest BCUT2D eigenvalue weighted by atomic mass is 19.2. The summed E-state index contributed by atoms with van der Waals surface area (Å²) in [6, 6.07) is 0. The first-order valence-corrected chi connectivity index (χ1v) is 5.14. The SMILES string of the molecule is CCCC(=O)Nc1c(F)c(F)c(N=[N+]=[N-])c(F)c1F. The third-order valence-electron chi connectivity index (χ3n) is 2.13. The maximum Gasteiger partial charge on any atom is 0.224 e. The van der Waals surface area contributed by atoms with Gasteiger partial charge in [-0.1, -0.05) is 12.0 Å². The average molecular weight is 276 g/mol. The van der Waals surface area contributed by atoms with E-state index in [2.05, 4.69) is 10.0 Å². The highest BCUT2D eigenvalue weighted by Crippen LogP contribution is 2.33. The molecule has 9 heteroatoms. The first kappa shape index (κ1) is 14.8. The van der Waals surface area contributed by atoms with Crippen LogP contribution in [0.1, 0.15) is 19.8 Å². The molecule has 0 radical (unpaired) electrons. The summed E-state index contributed by atoms with van der Waals surface area (Å²) in [5, 5.41) is 4.25. The molecular weight excluding hydrogens is 268 g/mol. The molecular formula is C10H8F4N4O. The minimum Gasteiger partial charge on any atom is -0.321 e. The van der Waals surface area contributed by atoms with Gasteiger partial charge in [-0.25, -0.2) is 17.6 Å². The molecule has 0 heterocycles. The second-order valence-corrected chi connectivity index (χ2v) is 3.47. The molecule has 0 spiro atoms. The van der Waals surface area contributed by atoms with E-state index in [9.17, 15) is 22.4 Å². The van der Waals surface area contributed by atoms with Crippen molar-refractivity contribution in [3.8, 4) is 0 Å². The molecule has 0 saturated heterocycles. The number of carbonyl (C=O) groups is 1. The Morgan fingerprint density at radius 3 is 2.16 bits per heavy atom. The average Bonchev–Trinajstić information content (AvgIpc) is 2.38. The number of anilines is 1. The molecule has 1 aromatic carbocycles. The highest BCUT2D eigenvalue weighted by molar-refractivity contribution is 5.91. The zero-order valence-electron chi connectivity index (χ0n) is 9.68. The van der Waals surface area contributed by atoms with Crippen molar-refractivity contribution >= 4 is 17.3 Å². The molecule has 102 valence electrons. The van der Waals surface area contributed by atoms with Crippen molar-refractivity contribution in [3.63, 3.8) is 0 Å². The molecule has 0 aromatic heterocycles. The first-order chi connectivity index (χ1) is 8.93. The van der Waals surface area contributed by atoms with Gasteiger partial charge in [-0.2, -0.15) is 0 Å². The van der Waals surface area contributed by atoms with Crippen LogP contribution in [-0.2, 0) is 4.79 Å². The minimum absolute atomic E-state index is 0.0692. The third kappa shape index (κ3) is 2.94. The Kier molecular flexibility index (Phi) is 4.71. The number of carbonyl (C=O) groups excluding carboxylic acids is 1. The molecule has 0 aliphatic heterocycles. The van der Waals surface area contributed by atoms with E-state index >= 15 is 0 Å². The molecule has 0 aliphatic rings. The molecule has 1 aromatic rings. The Labute approximate surface area is 104 Å². The number of nitrogens with zero attached hydrogens (tertiary/aromatic N) is 3. The molecule has 0 atom stereocenters. The number of azide groups is 1. The van der Waals surface area contributed by atoms with E-state index in [-0.39, 0.29) is 6.42 Å². The maximum atomic E-state index is 13.4. The fourth-order valence-corrected chi connectivity index (χ4v) is 1.29. The van der Waals surface area contributed by atoms with E-state index in [1.165, 1.54) is 0 Å². The van der Waals surface area contributed by atoms with Gasteiger partial charge < -0.3 is 5.32 Å². The van der Waals surface area contributed by atoms with Crippen LogP contribution in [0.25, 0.3) is 10.4 Å². The molecule has 19 heavy (non-hydrogen) atoms. The molecule has 1 amide bonds. The molecule has 1 rings (SSSR count). The fraction of sp³-hybridized carbons (Fsp3) is 0.300.